The molecule has 1 unspecified atom stereocenters. The zero-order chi connectivity index (χ0) is 20.7. The van der Waals surface area contributed by atoms with Gasteiger partial charge in [-0.25, -0.2) is 4.79 Å². The van der Waals surface area contributed by atoms with Crippen LogP contribution in [0.15, 0.2) is 0 Å². The maximum atomic E-state index is 12.3. The Bertz CT molecular complexity index is 620. The minimum atomic E-state index is -0.771. The molecule has 2 heterocycles. The van der Waals surface area contributed by atoms with Crippen LogP contribution in [0.4, 0.5) is 0 Å². The first-order valence-corrected chi connectivity index (χ1v) is 9.66. The molecule has 2 aliphatic rings. The predicted octanol–water partition coefficient (Wildman–Crippen LogP) is -0.521. The monoisotopic (exact) mass is 405 g/mol. The summed E-state index contributed by atoms with van der Waals surface area (Å²) >= 11 is 0. The van der Waals surface area contributed by atoms with Crippen LogP contribution < -0.4 is 10.6 Å². The van der Waals surface area contributed by atoms with Gasteiger partial charge in [0.25, 0.3) is 11.8 Å². The van der Waals surface area contributed by atoms with E-state index in [-0.39, 0.29) is 56.6 Å². The minimum Gasteiger partial charge on any atom is -0.355 e. The van der Waals surface area contributed by atoms with Crippen molar-refractivity contribution in [3.05, 3.63) is 0 Å². The first-order valence-electron chi connectivity index (χ1n) is 9.66. The van der Waals surface area contributed by atoms with Gasteiger partial charge in [0.2, 0.25) is 11.8 Å². The van der Waals surface area contributed by atoms with Gasteiger partial charge in [0.05, 0.1) is 12.5 Å². The first-order chi connectivity index (χ1) is 13.3. The number of nitrogens with one attached hydrogen (secondary N) is 2. The van der Waals surface area contributed by atoms with E-state index in [0.29, 0.717) is 11.1 Å². The molecule has 0 aliphatic carbocycles. The van der Waals surface area contributed by atoms with Gasteiger partial charge in [0, 0.05) is 38.4 Å². The van der Waals surface area contributed by atoms with E-state index < -0.39 is 17.8 Å². The van der Waals surface area contributed by atoms with E-state index in [2.05, 4.69) is 29.4 Å². The van der Waals surface area contributed by atoms with Crippen molar-refractivity contribution >= 4 is 29.6 Å². The summed E-state index contributed by atoms with van der Waals surface area (Å²) in [5.74, 6) is -2.24. The summed E-state index contributed by atoms with van der Waals surface area (Å²) in [6.07, 6.45) is 1.80. The quantitative estimate of drug-likeness (QED) is 0.300. The zero-order valence-corrected chi connectivity index (χ0v) is 16.4. The second kappa shape index (κ2) is 10.2. The molecule has 2 saturated heterocycles. The SMILES string of the molecule is CC(C)[15N]1CCCC1[13C](=O)[15NH][13CH2][13CH2][13C](=O)N[13CH2][13CH2][13C](=O)ON1C(=O)CCC1=O. The van der Waals surface area contributed by atoms with Crippen LogP contribution in [-0.4, -0.2) is 71.3 Å². The number of rotatable bonds is 9. The number of hydrogen-bond acceptors (Lipinski definition) is 7. The highest BCUT2D eigenvalue weighted by Gasteiger charge is 2.33. The van der Waals surface area contributed by atoms with E-state index in [1.807, 2.05) is 0 Å². The van der Waals surface area contributed by atoms with Gasteiger partial charge in [-0.3, -0.25) is 24.1 Å². The summed E-state index contributed by atoms with van der Waals surface area (Å²) in [6.45, 7) is 5.25. The Morgan fingerprint density at radius 2 is 1.71 bits per heavy atom. The van der Waals surface area contributed by atoms with Crippen LogP contribution in [0.5, 0.6) is 0 Å². The molecule has 1 atom stereocenters. The van der Waals surface area contributed by atoms with Crippen molar-refractivity contribution in [3.8, 4) is 0 Å². The molecule has 2 aliphatic heterocycles. The molecule has 2 fully saturated rings. The summed E-state index contributed by atoms with van der Waals surface area (Å²) in [5.41, 5.74) is 0. The van der Waals surface area contributed by atoms with Gasteiger partial charge in [0.1, 0.15) is 0 Å². The fourth-order valence-corrected chi connectivity index (χ4v) is 3.30. The molecule has 2 N–H and O–H groups in total. The number of hydrogen-bond donors (Lipinski definition) is 2. The summed E-state index contributed by atoms with van der Waals surface area (Å²) in [5, 5.41) is 5.80. The minimum absolute atomic E-state index is 0.0194. The second-order valence-corrected chi connectivity index (χ2v) is 7.18. The molecule has 0 aromatic rings. The maximum absolute atomic E-state index is 12.3. The number of likely N-dealkylation sites (tertiary alicyclic amines) is 1. The van der Waals surface area contributed by atoms with E-state index in [9.17, 15) is 24.0 Å². The van der Waals surface area contributed by atoms with Crippen LogP contribution in [0.1, 0.15) is 52.4 Å². The largest absolute Gasteiger partial charge is 0.355 e. The van der Waals surface area contributed by atoms with Gasteiger partial charge in [-0.05, 0) is 33.2 Å². The van der Waals surface area contributed by atoms with Crippen LogP contribution in [0.3, 0.4) is 0 Å². The van der Waals surface area contributed by atoms with Crippen molar-refractivity contribution in [1.29, 1.82) is 0 Å². The van der Waals surface area contributed by atoms with Gasteiger partial charge in [-0.1, -0.05) is 0 Å². The van der Waals surface area contributed by atoms with E-state index in [1.165, 1.54) is 0 Å². The lowest BCUT2D eigenvalue weighted by atomic mass is 10.3. The van der Waals surface area contributed by atoms with Gasteiger partial charge in [0.15, 0.2) is 0 Å². The topological polar surface area (TPSA) is 125 Å². The van der Waals surface area contributed by atoms with Gasteiger partial charge < -0.3 is 15.5 Å². The molecule has 0 saturated carbocycles. The molecule has 10 nitrogen and oxygen atoms in total. The Morgan fingerprint density at radius 1 is 1.07 bits per heavy atom. The number of carbonyl (C=O) groups excluding carboxylic acids is 5. The highest BCUT2D eigenvalue weighted by atomic mass is 16.8. The van der Waals surface area contributed by atoms with Crippen LogP contribution in [-0.2, 0) is 28.8 Å². The molecular weight excluding hydrogens is 377 g/mol. The molecule has 0 aromatic carbocycles. The standard InChI is InChI=1S/C18H28N4O6/c1-12(2)21-11-3-4-13(21)18(27)20-9-7-14(23)19-10-8-17(26)28-22-15(24)5-6-16(22)25/h12-13H,3-11H2,1-2H3,(H,19,23)(H,20,27)/i7+1,8+1,9+1,10+1,14+1,17+1,18+1,20+1,21+1. The van der Waals surface area contributed by atoms with Crippen LogP contribution in [0, 0.1) is 0 Å². The van der Waals surface area contributed by atoms with Crippen LogP contribution >= 0.6 is 0 Å². The van der Waals surface area contributed by atoms with Crippen molar-refractivity contribution in [1.82, 2.24) is 20.6 Å². The summed E-state index contributed by atoms with van der Waals surface area (Å²) in [7, 11) is 0. The smallest absolute Gasteiger partial charge is 0.334 e. The van der Waals surface area contributed by atoms with Gasteiger partial charge in [-0.2, -0.15) is 0 Å². The van der Waals surface area contributed by atoms with Crippen molar-refractivity contribution in [2.45, 2.75) is 64.5 Å². The molecule has 0 spiro atoms. The number of amides is 4. The molecule has 0 radical (unpaired) electrons. The molecular formula is C18H28N4O6. The zero-order valence-electron chi connectivity index (χ0n) is 16.4. The van der Waals surface area contributed by atoms with Crippen LogP contribution in [0.2, 0.25) is 0 Å². The predicted molar refractivity (Wildman–Crippen MR) is 97.3 cm³/mol. The number of carbonyl (C=O) groups is 5. The summed E-state index contributed by atoms with van der Waals surface area (Å²) < 4.78 is 0. The molecule has 28 heavy (non-hydrogen) atoms. The van der Waals surface area contributed by atoms with E-state index in [0.717, 1.165) is 19.4 Å². The number of hydroxylamine groups is 2. The normalized spacial score (nSPS) is 20.0. The number of imide groups is 1. The summed E-state index contributed by atoms with van der Waals surface area (Å²) in [6, 6.07) is 0.154. The van der Waals surface area contributed by atoms with E-state index in [1.54, 1.807) is 0 Å². The van der Waals surface area contributed by atoms with Gasteiger partial charge in [-0.15, -0.1) is 5.06 Å². The van der Waals surface area contributed by atoms with Crippen molar-refractivity contribution in [2.24, 2.45) is 0 Å². The third kappa shape index (κ3) is 6.01. The molecule has 0 bridgehead atoms. The molecule has 4 amide bonds. The average molecular weight is 405 g/mol. The lowest BCUT2D eigenvalue weighted by Crippen LogP contribution is -2.46. The maximum Gasteiger partial charge on any atom is 0.334 e. The lowest BCUT2D eigenvalue weighted by Gasteiger charge is -2.27. The fourth-order valence-electron chi connectivity index (χ4n) is 3.30. The van der Waals surface area contributed by atoms with Crippen molar-refractivity contribution < 1.29 is 28.8 Å². The first kappa shape index (κ1) is 21.8. The van der Waals surface area contributed by atoms with Gasteiger partial charge >= 0.3 is 5.97 Å². The van der Waals surface area contributed by atoms with E-state index in [4.69, 9.17) is 4.84 Å². The Hall–Kier alpha value is -2.49. The van der Waals surface area contributed by atoms with E-state index >= 15 is 0 Å². The Morgan fingerprint density at radius 3 is 2.36 bits per heavy atom. The molecule has 0 aromatic heterocycles. The average Bonchev–Trinajstić information content (AvgIpc) is 3.24. The van der Waals surface area contributed by atoms with Crippen molar-refractivity contribution in [3.63, 3.8) is 0 Å². The third-order valence-corrected chi connectivity index (χ3v) is 4.76. The Balaban J connectivity index is 1.58. The lowest BCUT2D eigenvalue weighted by molar-refractivity contribution is -0.197. The number of nitrogens with zero attached hydrogens (tertiary/aromatic N) is 2. The molecule has 2 rings (SSSR count). The third-order valence-electron chi connectivity index (χ3n) is 4.76. The fraction of sp³-hybridized carbons (Fsp3) is 0.722. The second-order valence-electron chi connectivity index (χ2n) is 7.18. The highest BCUT2D eigenvalue weighted by Crippen LogP contribution is 2.19. The Kier molecular flexibility index (Phi) is 7.91. The Labute approximate surface area is 163 Å². The van der Waals surface area contributed by atoms with Crippen molar-refractivity contribution in [2.75, 3.05) is 19.6 Å². The summed E-state index contributed by atoms with van der Waals surface area (Å²) in [4.78, 5) is 65.2. The molecule has 156 valence electrons. The van der Waals surface area contributed by atoms with Crippen LogP contribution in [0.25, 0.3) is 0 Å². The highest BCUT2D eigenvalue weighted by molar-refractivity contribution is 6.01. The molecule has 10 heteroatoms.